The second-order valence-corrected chi connectivity index (χ2v) is 6.02. The van der Waals surface area contributed by atoms with E-state index in [9.17, 15) is 9.90 Å². The summed E-state index contributed by atoms with van der Waals surface area (Å²) in [6, 6.07) is 10.8. The monoisotopic (exact) mass is 322 g/mol. The number of hydrogen-bond acceptors (Lipinski definition) is 4. The lowest BCUT2D eigenvalue weighted by Gasteiger charge is -2.34. The van der Waals surface area contributed by atoms with Crippen LogP contribution in [0.3, 0.4) is 0 Å². The fraction of sp³-hybridized carbons (Fsp3) is 0.278. The van der Waals surface area contributed by atoms with Crippen LogP contribution >= 0.6 is 0 Å². The van der Waals surface area contributed by atoms with Gasteiger partial charge in [0.1, 0.15) is 11.6 Å². The first-order valence-electron chi connectivity index (χ1n) is 8.13. The summed E-state index contributed by atoms with van der Waals surface area (Å²) in [5.41, 5.74) is 1.96. The summed E-state index contributed by atoms with van der Waals surface area (Å²) in [7, 11) is 0. The molecule has 0 unspecified atom stereocenters. The van der Waals surface area contributed by atoms with Gasteiger partial charge in [0.25, 0.3) is 5.91 Å². The van der Waals surface area contributed by atoms with Gasteiger partial charge in [0.05, 0.1) is 17.1 Å². The van der Waals surface area contributed by atoms with E-state index in [-0.39, 0.29) is 23.4 Å². The number of benzene rings is 1. The van der Waals surface area contributed by atoms with Crippen LogP contribution in [0, 0.1) is 0 Å². The summed E-state index contributed by atoms with van der Waals surface area (Å²) in [6.07, 6.45) is 4.35. The van der Waals surface area contributed by atoms with Crippen LogP contribution in [0.5, 0.6) is 5.75 Å². The van der Waals surface area contributed by atoms with E-state index in [0.29, 0.717) is 6.54 Å². The van der Waals surface area contributed by atoms with Crippen LogP contribution in [0.4, 0.5) is 0 Å². The largest absolute Gasteiger partial charge is 0.505 e. The molecule has 6 heteroatoms. The zero-order valence-corrected chi connectivity index (χ0v) is 13.1. The summed E-state index contributed by atoms with van der Waals surface area (Å²) in [5, 5.41) is 9.95. The van der Waals surface area contributed by atoms with Crippen LogP contribution in [-0.2, 0) is 0 Å². The molecule has 1 aromatic carbocycles. The molecule has 0 bridgehead atoms. The van der Waals surface area contributed by atoms with E-state index in [2.05, 4.69) is 15.0 Å². The number of piperidine rings is 1. The molecule has 3 aromatic rings. The summed E-state index contributed by atoms with van der Waals surface area (Å²) >= 11 is 0. The molecule has 3 heterocycles. The number of carbonyl (C=O) groups excluding carboxylic acids is 1. The number of H-pyrrole nitrogens is 1. The SMILES string of the molecule is O=C(c1ncccc1O)N1CCCC[C@H]1c1nc2ccccc2[nH]1. The summed E-state index contributed by atoms with van der Waals surface area (Å²) in [4.78, 5) is 26.7. The number of nitrogens with one attached hydrogen (secondary N) is 1. The summed E-state index contributed by atoms with van der Waals surface area (Å²) in [6.45, 7) is 0.635. The van der Waals surface area contributed by atoms with Crippen molar-refractivity contribution >= 4 is 16.9 Å². The number of para-hydroxylation sites is 2. The highest BCUT2D eigenvalue weighted by molar-refractivity contribution is 5.95. The van der Waals surface area contributed by atoms with Gasteiger partial charge in [-0.15, -0.1) is 0 Å². The van der Waals surface area contributed by atoms with Gasteiger partial charge in [-0.2, -0.15) is 0 Å². The van der Waals surface area contributed by atoms with Gasteiger partial charge < -0.3 is 15.0 Å². The number of aromatic amines is 1. The van der Waals surface area contributed by atoms with E-state index in [1.807, 2.05) is 24.3 Å². The van der Waals surface area contributed by atoms with Gasteiger partial charge in [0.15, 0.2) is 5.69 Å². The van der Waals surface area contributed by atoms with Crippen molar-refractivity contribution in [2.24, 2.45) is 0 Å². The Hall–Kier alpha value is -2.89. The third-order valence-electron chi connectivity index (χ3n) is 4.48. The highest BCUT2D eigenvalue weighted by Gasteiger charge is 2.32. The van der Waals surface area contributed by atoms with Crippen molar-refractivity contribution in [1.29, 1.82) is 0 Å². The maximum atomic E-state index is 12.9. The molecule has 1 aliphatic rings. The second-order valence-electron chi connectivity index (χ2n) is 6.02. The number of aromatic nitrogens is 3. The molecule has 2 aromatic heterocycles. The molecule has 0 aliphatic carbocycles. The lowest BCUT2D eigenvalue weighted by atomic mass is 10.0. The molecule has 1 aliphatic heterocycles. The van der Waals surface area contributed by atoms with Gasteiger partial charge in [-0.3, -0.25) is 4.79 Å². The Bertz CT molecular complexity index is 856. The zero-order chi connectivity index (χ0) is 16.5. The Kier molecular flexibility index (Phi) is 3.65. The van der Waals surface area contributed by atoms with E-state index in [0.717, 1.165) is 36.1 Å². The minimum atomic E-state index is -0.252. The Balaban J connectivity index is 1.70. The van der Waals surface area contributed by atoms with E-state index < -0.39 is 0 Å². The molecule has 2 N–H and O–H groups in total. The smallest absolute Gasteiger partial charge is 0.276 e. The number of aromatic hydroxyl groups is 1. The molecule has 1 fully saturated rings. The van der Waals surface area contributed by atoms with Crippen LogP contribution in [0.2, 0.25) is 0 Å². The topological polar surface area (TPSA) is 82.1 Å². The molecule has 0 radical (unpaired) electrons. The Morgan fingerprint density at radius 1 is 1.21 bits per heavy atom. The standard InChI is InChI=1S/C18H18N4O2/c23-15-9-5-10-19-16(15)18(24)22-11-4-3-8-14(22)17-20-12-6-1-2-7-13(12)21-17/h1-2,5-7,9-10,14,23H,3-4,8,11H2,(H,20,21)/t14-/m0/s1. The first-order chi connectivity index (χ1) is 11.7. The lowest BCUT2D eigenvalue weighted by molar-refractivity contribution is 0.0592. The van der Waals surface area contributed by atoms with Crippen molar-refractivity contribution in [2.75, 3.05) is 6.54 Å². The fourth-order valence-corrected chi connectivity index (χ4v) is 3.29. The number of rotatable bonds is 2. The van der Waals surface area contributed by atoms with Crippen LogP contribution in [0.15, 0.2) is 42.6 Å². The number of likely N-dealkylation sites (tertiary alicyclic amines) is 1. The predicted octanol–water partition coefficient (Wildman–Crippen LogP) is 3.03. The van der Waals surface area contributed by atoms with E-state index in [4.69, 9.17) is 0 Å². The highest BCUT2D eigenvalue weighted by Crippen LogP contribution is 2.32. The number of hydrogen-bond donors (Lipinski definition) is 2. The number of carbonyl (C=O) groups is 1. The molecule has 1 amide bonds. The van der Waals surface area contributed by atoms with Crippen LogP contribution in [-0.4, -0.2) is 37.4 Å². The quantitative estimate of drug-likeness (QED) is 0.760. The number of amides is 1. The summed E-state index contributed by atoms with van der Waals surface area (Å²) < 4.78 is 0. The van der Waals surface area contributed by atoms with Crippen LogP contribution < -0.4 is 0 Å². The highest BCUT2D eigenvalue weighted by atomic mass is 16.3. The zero-order valence-electron chi connectivity index (χ0n) is 13.1. The number of imidazole rings is 1. The third-order valence-corrected chi connectivity index (χ3v) is 4.48. The Morgan fingerprint density at radius 2 is 2.08 bits per heavy atom. The van der Waals surface area contributed by atoms with Gasteiger partial charge in [0.2, 0.25) is 0 Å². The third kappa shape index (κ3) is 2.50. The molecule has 4 rings (SSSR count). The van der Waals surface area contributed by atoms with E-state index >= 15 is 0 Å². The maximum absolute atomic E-state index is 12.9. The molecular formula is C18H18N4O2. The first kappa shape index (κ1) is 14.7. The van der Waals surface area contributed by atoms with Crippen molar-refractivity contribution < 1.29 is 9.90 Å². The van der Waals surface area contributed by atoms with Crippen molar-refractivity contribution in [3.63, 3.8) is 0 Å². The van der Waals surface area contributed by atoms with Crippen molar-refractivity contribution in [1.82, 2.24) is 19.9 Å². The van der Waals surface area contributed by atoms with E-state index in [1.54, 1.807) is 11.0 Å². The van der Waals surface area contributed by atoms with Gasteiger partial charge in [-0.25, -0.2) is 9.97 Å². The molecule has 122 valence electrons. The molecule has 6 nitrogen and oxygen atoms in total. The minimum absolute atomic E-state index is 0.0866. The van der Waals surface area contributed by atoms with Crippen molar-refractivity contribution in [3.8, 4) is 5.75 Å². The lowest BCUT2D eigenvalue weighted by Crippen LogP contribution is -2.39. The van der Waals surface area contributed by atoms with Gasteiger partial charge >= 0.3 is 0 Å². The average Bonchev–Trinajstić information content (AvgIpc) is 3.05. The predicted molar refractivity (Wildman–Crippen MR) is 89.6 cm³/mol. The summed E-state index contributed by atoms with van der Waals surface area (Å²) in [5.74, 6) is 0.453. The number of fused-ring (bicyclic) bond motifs is 1. The normalized spacial score (nSPS) is 18.0. The van der Waals surface area contributed by atoms with Gasteiger partial charge in [-0.05, 0) is 43.5 Å². The maximum Gasteiger partial charge on any atom is 0.276 e. The van der Waals surface area contributed by atoms with Crippen molar-refractivity contribution in [3.05, 3.63) is 54.1 Å². The molecule has 0 saturated carbocycles. The van der Waals surface area contributed by atoms with Crippen molar-refractivity contribution in [2.45, 2.75) is 25.3 Å². The average molecular weight is 322 g/mol. The van der Waals surface area contributed by atoms with E-state index in [1.165, 1.54) is 12.3 Å². The number of nitrogens with zero attached hydrogens (tertiary/aromatic N) is 3. The first-order valence-corrected chi connectivity index (χ1v) is 8.13. The fourth-order valence-electron chi connectivity index (χ4n) is 3.29. The Morgan fingerprint density at radius 3 is 2.92 bits per heavy atom. The molecule has 0 spiro atoms. The van der Waals surface area contributed by atoms with Crippen LogP contribution in [0.25, 0.3) is 11.0 Å². The number of pyridine rings is 1. The molecular weight excluding hydrogens is 304 g/mol. The van der Waals surface area contributed by atoms with Gasteiger partial charge in [0, 0.05) is 12.7 Å². The molecule has 24 heavy (non-hydrogen) atoms. The Labute approximate surface area is 139 Å². The van der Waals surface area contributed by atoms with Gasteiger partial charge in [-0.1, -0.05) is 12.1 Å². The van der Waals surface area contributed by atoms with Crippen LogP contribution in [0.1, 0.15) is 41.6 Å². The molecule has 1 saturated heterocycles. The second kappa shape index (κ2) is 5.96. The minimum Gasteiger partial charge on any atom is -0.505 e. The molecule has 1 atom stereocenters.